The number of anilines is 1. The molecule has 0 radical (unpaired) electrons. The fourth-order valence-electron chi connectivity index (χ4n) is 1.69. The van der Waals surface area contributed by atoms with E-state index in [0.717, 1.165) is 15.9 Å². The SMILES string of the molecule is Cc1ccc(SCc2c(N)cccc2Br)cc1C. The molecule has 3 heteroatoms. The Balaban J connectivity index is 2.14. The molecule has 2 aromatic carbocycles. The van der Waals surface area contributed by atoms with Gasteiger partial charge in [-0.15, -0.1) is 11.8 Å². The van der Waals surface area contributed by atoms with E-state index in [1.54, 1.807) is 0 Å². The summed E-state index contributed by atoms with van der Waals surface area (Å²) in [6, 6.07) is 12.5. The van der Waals surface area contributed by atoms with Gasteiger partial charge in [0.05, 0.1) is 0 Å². The number of halogens is 1. The minimum Gasteiger partial charge on any atom is -0.398 e. The molecule has 2 N–H and O–H groups in total. The standard InChI is InChI=1S/C15H16BrNS/c1-10-6-7-12(8-11(10)2)18-9-13-14(16)4-3-5-15(13)17/h3-8H,9,17H2,1-2H3. The monoisotopic (exact) mass is 321 g/mol. The van der Waals surface area contributed by atoms with Crippen molar-refractivity contribution in [1.82, 2.24) is 0 Å². The third-order valence-corrected chi connectivity index (χ3v) is 4.78. The van der Waals surface area contributed by atoms with E-state index >= 15 is 0 Å². The van der Waals surface area contributed by atoms with Crippen LogP contribution >= 0.6 is 27.7 Å². The van der Waals surface area contributed by atoms with Crippen LogP contribution in [-0.2, 0) is 5.75 Å². The third kappa shape index (κ3) is 3.09. The fourth-order valence-corrected chi connectivity index (χ4v) is 3.45. The van der Waals surface area contributed by atoms with Crippen molar-refractivity contribution in [2.45, 2.75) is 24.5 Å². The molecule has 2 rings (SSSR count). The van der Waals surface area contributed by atoms with Gasteiger partial charge in [-0.25, -0.2) is 0 Å². The largest absolute Gasteiger partial charge is 0.398 e. The summed E-state index contributed by atoms with van der Waals surface area (Å²) in [6.45, 7) is 4.28. The maximum Gasteiger partial charge on any atom is 0.0366 e. The molecule has 0 saturated heterocycles. The Morgan fingerprint density at radius 3 is 2.56 bits per heavy atom. The van der Waals surface area contributed by atoms with E-state index in [2.05, 4.69) is 48.0 Å². The highest BCUT2D eigenvalue weighted by molar-refractivity contribution is 9.10. The first kappa shape index (κ1) is 13.5. The summed E-state index contributed by atoms with van der Waals surface area (Å²) in [5.41, 5.74) is 10.7. The van der Waals surface area contributed by atoms with Crippen LogP contribution in [0, 0.1) is 13.8 Å². The number of nitrogen functional groups attached to an aromatic ring is 1. The Labute approximate surface area is 121 Å². The highest BCUT2D eigenvalue weighted by Crippen LogP contribution is 2.31. The minimum absolute atomic E-state index is 0.848. The van der Waals surface area contributed by atoms with Crippen LogP contribution in [0.4, 0.5) is 5.69 Å². The van der Waals surface area contributed by atoms with Gasteiger partial charge in [0.15, 0.2) is 0 Å². The van der Waals surface area contributed by atoms with E-state index < -0.39 is 0 Å². The van der Waals surface area contributed by atoms with Crippen molar-refractivity contribution in [3.63, 3.8) is 0 Å². The summed E-state index contributed by atoms with van der Waals surface area (Å²) in [6.07, 6.45) is 0. The van der Waals surface area contributed by atoms with E-state index in [-0.39, 0.29) is 0 Å². The van der Waals surface area contributed by atoms with E-state index in [4.69, 9.17) is 5.73 Å². The second-order valence-electron chi connectivity index (χ2n) is 4.34. The van der Waals surface area contributed by atoms with Crippen LogP contribution in [0.2, 0.25) is 0 Å². The molecule has 0 bridgehead atoms. The zero-order valence-corrected chi connectivity index (χ0v) is 12.9. The van der Waals surface area contributed by atoms with Gasteiger partial charge >= 0.3 is 0 Å². The first-order valence-electron chi connectivity index (χ1n) is 5.81. The molecule has 0 fully saturated rings. The Morgan fingerprint density at radius 1 is 1.11 bits per heavy atom. The molecule has 0 unspecified atom stereocenters. The van der Waals surface area contributed by atoms with Crippen molar-refractivity contribution in [2.75, 3.05) is 5.73 Å². The topological polar surface area (TPSA) is 26.0 Å². The van der Waals surface area contributed by atoms with Gasteiger partial charge in [0.2, 0.25) is 0 Å². The molecule has 0 heterocycles. The van der Waals surface area contributed by atoms with Gasteiger partial charge in [0.25, 0.3) is 0 Å². The van der Waals surface area contributed by atoms with Crippen molar-refractivity contribution >= 4 is 33.4 Å². The number of aryl methyl sites for hydroxylation is 2. The molecule has 0 aliphatic heterocycles. The van der Waals surface area contributed by atoms with Crippen LogP contribution in [0.15, 0.2) is 45.8 Å². The van der Waals surface area contributed by atoms with Gasteiger partial charge in [-0.05, 0) is 54.8 Å². The maximum atomic E-state index is 6.00. The highest BCUT2D eigenvalue weighted by atomic mass is 79.9. The first-order valence-corrected chi connectivity index (χ1v) is 7.58. The summed E-state index contributed by atoms with van der Waals surface area (Å²) in [4.78, 5) is 1.29. The predicted molar refractivity (Wildman–Crippen MR) is 84.0 cm³/mol. The third-order valence-electron chi connectivity index (χ3n) is 3.02. The van der Waals surface area contributed by atoms with Crippen molar-refractivity contribution in [3.8, 4) is 0 Å². The number of hydrogen-bond acceptors (Lipinski definition) is 2. The average Bonchev–Trinajstić information content (AvgIpc) is 2.33. The Hall–Kier alpha value is -0.930. The Bertz CT molecular complexity index is 546. The van der Waals surface area contributed by atoms with Crippen LogP contribution in [-0.4, -0.2) is 0 Å². The number of thioether (sulfide) groups is 1. The zero-order chi connectivity index (χ0) is 13.1. The normalized spacial score (nSPS) is 10.6. The second kappa shape index (κ2) is 5.81. The van der Waals surface area contributed by atoms with Crippen LogP contribution in [0.25, 0.3) is 0 Å². The molecule has 0 aliphatic carbocycles. The lowest BCUT2D eigenvalue weighted by Gasteiger charge is -2.09. The maximum absolute atomic E-state index is 6.00. The van der Waals surface area contributed by atoms with Gasteiger partial charge in [-0.2, -0.15) is 0 Å². The molecule has 0 saturated carbocycles. The van der Waals surface area contributed by atoms with Gasteiger partial charge < -0.3 is 5.73 Å². The Kier molecular flexibility index (Phi) is 4.36. The van der Waals surface area contributed by atoms with E-state index in [1.165, 1.54) is 21.6 Å². The molecule has 2 aromatic rings. The molecule has 0 amide bonds. The molecule has 1 nitrogen and oxygen atoms in total. The lowest BCUT2D eigenvalue weighted by atomic mass is 10.1. The quantitative estimate of drug-likeness (QED) is 0.640. The van der Waals surface area contributed by atoms with Crippen molar-refractivity contribution < 1.29 is 0 Å². The van der Waals surface area contributed by atoms with Gasteiger partial charge in [-0.3, -0.25) is 0 Å². The minimum atomic E-state index is 0.848. The second-order valence-corrected chi connectivity index (χ2v) is 6.25. The average molecular weight is 322 g/mol. The predicted octanol–water partition coefficient (Wildman–Crippen LogP) is 4.94. The van der Waals surface area contributed by atoms with Crippen LogP contribution in [0.1, 0.15) is 16.7 Å². The smallest absolute Gasteiger partial charge is 0.0366 e. The van der Waals surface area contributed by atoms with Crippen LogP contribution < -0.4 is 5.73 Å². The summed E-state index contributed by atoms with van der Waals surface area (Å²) in [7, 11) is 0. The summed E-state index contributed by atoms with van der Waals surface area (Å²) < 4.78 is 1.08. The number of hydrogen-bond donors (Lipinski definition) is 1. The van der Waals surface area contributed by atoms with Crippen LogP contribution in [0.3, 0.4) is 0 Å². The lowest BCUT2D eigenvalue weighted by Crippen LogP contribution is -1.93. The number of rotatable bonds is 3. The van der Waals surface area contributed by atoms with E-state index in [0.29, 0.717) is 0 Å². The fraction of sp³-hybridized carbons (Fsp3) is 0.200. The molecule has 94 valence electrons. The van der Waals surface area contributed by atoms with Gasteiger partial charge in [0.1, 0.15) is 0 Å². The van der Waals surface area contributed by atoms with Crippen molar-refractivity contribution in [2.24, 2.45) is 0 Å². The highest BCUT2D eigenvalue weighted by Gasteiger charge is 2.05. The number of nitrogens with two attached hydrogens (primary N) is 1. The molecule has 0 atom stereocenters. The zero-order valence-electron chi connectivity index (χ0n) is 10.5. The molecule has 0 aliphatic rings. The molecule has 0 aromatic heterocycles. The van der Waals surface area contributed by atoms with Crippen molar-refractivity contribution in [3.05, 3.63) is 57.6 Å². The van der Waals surface area contributed by atoms with E-state index in [1.807, 2.05) is 30.0 Å². The van der Waals surface area contributed by atoms with E-state index in [9.17, 15) is 0 Å². The van der Waals surface area contributed by atoms with Gasteiger partial charge in [-0.1, -0.05) is 28.1 Å². The molecule has 18 heavy (non-hydrogen) atoms. The molecule has 0 spiro atoms. The van der Waals surface area contributed by atoms with Gasteiger partial charge in [0, 0.05) is 20.8 Å². The lowest BCUT2D eigenvalue weighted by molar-refractivity contribution is 1.27. The van der Waals surface area contributed by atoms with Crippen molar-refractivity contribution in [1.29, 1.82) is 0 Å². The van der Waals surface area contributed by atoms with Crippen LogP contribution in [0.5, 0.6) is 0 Å². The summed E-state index contributed by atoms with van der Waals surface area (Å²) >= 11 is 5.37. The number of benzene rings is 2. The summed E-state index contributed by atoms with van der Waals surface area (Å²) in [5, 5.41) is 0. The first-order chi connectivity index (χ1) is 8.58. The molecular weight excluding hydrogens is 306 g/mol. The molecular formula is C15H16BrNS. The summed E-state index contributed by atoms with van der Waals surface area (Å²) in [5.74, 6) is 0.885. The Morgan fingerprint density at radius 2 is 1.89 bits per heavy atom.